The summed E-state index contributed by atoms with van der Waals surface area (Å²) < 4.78 is 0. The van der Waals surface area contributed by atoms with E-state index in [2.05, 4.69) is 5.32 Å². The van der Waals surface area contributed by atoms with Gasteiger partial charge in [-0.15, -0.1) is 0 Å². The molecule has 2 rings (SSSR count). The van der Waals surface area contributed by atoms with E-state index in [1.807, 2.05) is 30.3 Å². The molecule has 0 aliphatic carbocycles. The van der Waals surface area contributed by atoms with Gasteiger partial charge in [-0.05, 0) is 24.8 Å². The Labute approximate surface area is 141 Å². The predicted molar refractivity (Wildman–Crippen MR) is 89.8 cm³/mol. The van der Waals surface area contributed by atoms with Crippen LogP contribution in [0.3, 0.4) is 0 Å². The van der Waals surface area contributed by atoms with Crippen molar-refractivity contribution in [3.05, 3.63) is 35.9 Å². The number of piperidine rings is 1. The molecule has 0 unspecified atom stereocenters. The van der Waals surface area contributed by atoms with Gasteiger partial charge in [0.1, 0.15) is 5.54 Å². The average molecular weight is 332 g/mol. The Bertz CT molecular complexity index is 602. The van der Waals surface area contributed by atoms with Gasteiger partial charge in [0.2, 0.25) is 5.91 Å². The Kier molecular flexibility index (Phi) is 5.95. The largest absolute Gasteiger partial charge is 0.465 e. The summed E-state index contributed by atoms with van der Waals surface area (Å²) in [6, 6.07) is 9.40. The van der Waals surface area contributed by atoms with E-state index in [1.54, 1.807) is 6.92 Å². The lowest BCUT2D eigenvalue weighted by molar-refractivity contribution is -0.136. The number of hydrogen-bond donors (Lipinski definition) is 2. The minimum atomic E-state index is -1.15. The van der Waals surface area contributed by atoms with Crippen molar-refractivity contribution in [2.45, 2.75) is 44.6 Å². The van der Waals surface area contributed by atoms with Gasteiger partial charge < -0.3 is 10.4 Å². The maximum atomic E-state index is 12.9. The molecule has 1 atom stereocenters. The fourth-order valence-electron chi connectivity index (χ4n) is 3.22. The molecule has 6 heteroatoms. The predicted octanol–water partition coefficient (Wildman–Crippen LogP) is 2.23. The van der Waals surface area contributed by atoms with Gasteiger partial charge in [0.15, 0.2) is 5.78 Å². The van der Waals surface area contributed by atoms with Gasteiger partial charge in [0.25, 0.3) is 0 Å². The van der Waals surface area contributed by atoms with Crippen LogP contribution < -0.4 is 5.32 Å². The van der Waals surface area contributed by atoms with Gasteiger partial charge in [-0.3, -0.25) is 14.5 Å². The third-order valence-electron chi connectivity index (χ3n) is 4.57. The van der Waals surface area contributed by atoms with Gasteiger partial charge >= 0.3 is 6.09 Å². The first-order chi connectivity index (χ1) is 11.5. The molecule has 1 aliphatic rings. The molecule has 1 aromatic carbocycles. The molecule has 1 saturated heterocycles. The quantitative estimate of drug-likeness (QED) is 0.836. The zero-order valence-corrected chi connectivity index (χ0v) is 14.0. The number of carboxylic acid groups (broad SMARTS) is 1. The Morgan fingerprint density at radius 2 is 1.92 bits per heavy atom. The van der Waals surface area contributed by atoms with E-state index in [9.17, 15) is 19.5 Å². The average Bonchev–Trinajstić information content (AvgIpc) is 2.60. The van der Waals surface area contributed by atoms with Crippen molar-refractivity contribution in [2.24, 2.45) is 0 Å². The third-order valence-corrected chi connectivity index (χ3v) is 4.57. The topological polar surface area (TPSA) is 86.7 Å². The number of ketones is 1. The number of Topliss-reactive ketones (excluding diaryl/α,β-unsaturated/α-hetero) is 1. The fraction of sp³-hybridized carbons (Fsp3) is 0.500. The maximum Gasteiger partial charge on any atom is 0.408 e. The highest BCUT2D eigenvalue weighted by Gasteiger charge is 2.47. The lowest BCUT2D eigenvalue weighted by Gasteiger charge is -2.44. The van der Waals surface area contributed by atoms with Crippen LogP contribution in [0.1, 0.15) is 38.2 Å². The van der Waals surface area contributed by atoms with Crippen LogP contribution in [0.4, 0.5) is 4.79 Å². The fourth-order valence-corrected chi connectivity index (χ4v) is 3.22. The van der Waals surface area contributed by atoms with Crippen molar-refractivity contribution in [1.29, 1.82) is 0 Å². The van der Waals surface area contributed by atoms with Crippen LogP contribution in [0, 0.1) is 0 Å². The molecule has 2 amide bonds. The number of likely N-dealkylation sites (tertiary alicyclic amines) is 1. The normalized spacial score (nSPS) is 20.5. The van der Waals surface area contributed by atoms with Crippen LogP contribution in [-0.2, 0) is 16.0 Å². The maximum absolute atomic E-state index is 12.9. The van der Waals surface area contributed by atoms with E-state index in [4.69, 9.17) is 0 Å². The van der Waals surface area contributed by atoms with E-state index in [0.717, 1.165) is 18.4 Å². The van der Waals surface area contributed by atoms with Crippen molar-refractivity contribution < 1.29 is 19.5 Å². The third kappa shape index (κ3) is 3.93. The van der Waals surface area contributed by atoms with E-state index in [0.29, 0.717) is 25.8 Å². The SMILES string of the molecule is CCC(=O)CNC(=O)[C@@]1(Cc2ccccc2)CCCCN1C(=O)O. The number of nitrogens with one attached hydrogen (secondary N) is 1. The van der Waals surface area contributed by atoms with Crippen LogP contribution in [0.25, 0.3) is 0 Å². The minimum absolute atomic E-state index is 0.0562. The summed E-state index contributed by atoms with van der Waals surface area (Å²) in [7, 11) is 0. The Morgan fingerprint density at radius 1 is 1.21 bits per heavy atom. The summed E-state index contributed by atoms with van der Waals surface area (Å²) in [5.74, 6) is -0.453. The van der Waals surface area contributed by atoms with E-state index < -0.39 is 11.6 Å². The molecule has 1 aliphatic heterocycles. The first kappa shape index (κ1) is 18.0. The number of carbonyl (C=O) groups excluding carboxylic acids is 2. The Morgan fingerprint density at radius 3 is 2.54 bits per heavy atom. The first-order valence-corrected chi connectivity index (χ1v) is 8.34. The summed E-state index contributed by atoms with van der Waals surface area (Å²) in [6.45, 7) is 2.01. The number of rotatable bonds is 6. The van der Waals surface area contributed by atoms with Crippen molar-refractivity contribution in [1.82, 2.24) is 10.2 Å². The molecular weight excluding hydrogens is 308 g/mol. The molecule has 1 aromatic rings. The molecule has 0 saturated carbocycles. The molecule has 0 bridgehead atoms. The monoisotopic (exact) mass is 332 g/mol. The molecule has 0 aromatic heterocycles. The summed E-state index contributed by atoms with van der Waals surface area (Å²) in [5, 5.41) is 12.3. The van der Waals surface area contributed by atoms with Gasteiger partial charge in [-0.2, -0.15) is 0 Å². The lowest BCUT2D eigenvalue weighted by Crippen LogP contribution is -2.64. The van der Waals surface area contributed by atoms with Crippen LogP contribution >= 0.6 is 0 Å². The first-order valence-electron chi connectivity index (χ1n) is 8.34. The molecule has 6 nitrogen and oxygen atoms in total. The number of hydrogen-bond acceptors (Lipinski definition) is 3. The minimum Gasteiger partial charge on any atom is -0.465 e. The summed E-state index contributed by atoms with van der Waals surface area (Å²) in [4.78, 5) is 37.4. The standard InChI is InChI=1S/C18H24N2O4/c1-2-15(21)13-19-16(22)18(12-14-8-4-3-5-9-14)10-6-7-11-20(18)17(23)24/h3-5,8-9H,2,6-7,10-13H2,1H3,(H,19,22)(H,23,24)/t18-/m0/s1. The molecule has 1 heterocycles. The van der Waals surface area contributed by atoms with Crippen LogP contribution in [-0.4, -0.2) is 46.4 Å². The molecule has 0 radical (unpaired) electrons. The lowest BCUT2D eigenvalue weighted by atomic mass is 9.80. The summed E-state index contributed by atoms with van der Waals surface area (Å²) >= 11 is 0. The van der Waals surface area contributed by atoms with Crippen molar-refractivity contribution >= 4 is 17.8 Å². The highest BCUT2D eigenvalue weighted by atomic mass is 16.4. The summed E-state index contributed by atoms with van der Waals surface area (Å²) in [5.41, 5.74) is -0.248. The highest BCUT2D eigenvalue weighted by molar-refractivity contribution is 5.93. The van der Waals surface area contributed by atoms with Crippen molar-refractivity contribution in [3.63, 3.8) is 0 Å². The Hall–Kier alpha value is -2.37. The number of carbonyl (C=O) groups is 3. The molecule has 1 fully saturated rings. The van der Waals surface area contributed by atoms with Gasteiger partial charge in [0, 0.05) is 19.4 Å². The molecular formula is C18H24N2O4. The van der Waals surface area contributed by atoms with E-state index in [-0.39, 0.29) is 18.2 Å². The number of benzene rings is 1. The van der Waals surface area contributed by atoms with Crippen molar-refractivity contribution in [2.75, 3.05) is 13.1 Å². The van der Waals surface area contributed by atoms with Crippen LogP contribution in [0.5, 0.6) is 0 Å². The van der Waals surface area contributed by atoms with E-state index in [1.165, 1.54) is 4.90 Å². The second-order valence-electron chi connectivity index (χ2n) is 6.16. The van der Waals surface area contributed by atoms with Crippen LogP contribution in [0.2, 0.25) is 0 Å². The zero-order chi connectivity index (χ0) is 17.6. The number of amides is 2. The van der Waals surface area contributed by atoms with Gasteiger partial charge in [-0.25, -0.2) is 4.79 Å². The van der Waals surface area contributed by atoms with E-state index >= 15 is 0 Å². The molecule has 2 N–H and O–H groups in total. The number of nitrogens with zero attached hydrogens (tertiary/aromatic N) is 1. The molecule has 130 valence electrons. The smallest absolute Gasteiger partial charge is 0.408 e. The Balaban J connectivity index is 2.30. The zero-order valence-electron chi connectivity index (χ0n) is 14.0. The van der Waals surface area contributed by atoms with Crippen LogP contribution in [0.15, 0.2) is 30.3 Å². The van der Waals surface area contributed by atoms with Gasteiger partial charge in [-0.1, -0.05) is 37.3 Å². The van der Waals surface area contributed by atoms with Gasteiger partial charge in [0.05, 0.1) is 6.54 Å². The highest BCUT2D eigenvalue weighted by Crippen LogP contribution is 2.32. The van der Waals surface area contributed by atoms with Crippen molar-refractivity contribution in [3.8, 4) is 0 Å². The summed E-state index contributed by atoms with van der Waals surface area (Å²) in [6.07, 6.45) is 1.54. The molecule has 0 spiro atoms. The second-order valence-corrected chi connectivity index (χ2v) is 6.16. The molecule has 24 heavy (non-hydrogen) atoms. The second kappa shape index (κ2) is 7.95.